The molecule has 0 fully saturated rings. The summed E-state index contributed by atoms with van der Waals surface area (Å²) in [5.74, 6) is 3.36. The molecule has 2 aromatic rings. The Labute approximate surface area is 179 Å². The molecule has 0 radical (unpaired) electrons. The molecular weight excluding hydrogens is 382 g/mol. The first kappa shape index (κ1) is 23.2. The van der Waals surface area contributed by atoms with Gasteiger partial charge in [-0.2, -0.15) is 0 Å². The molecule has 0 spiro atoms. The highest BCUT2D eigenvalue weighted by Crippen LogP contribution is 2.38. The number of benzene rings is 2. The predicted octanol–water partition coefficient (Wildman–Crippen LogP) is 3.54. The van der Waals surface area contributed by atoms with Gasteiger partial charge in [-0.1, -0.05) is 17.7 Å². The number of rotatable bonds is 10. The van der Waals surface area contributed by atoms with Crippen molar-refractivity contribution in [3.63, 3.8) is 0 Å². The largest absolute Gasteiger partial charge is 0.493 e. The molecule has 0 heterocycles. The van der Waals surface area contributed by atoms with Crippen LogP contribution >= 0.6 is 0 Å². The summed E-state index contributed by atoms with van der Waals surface area (Å²) in [6.07, 6.45) is -0.0160. The molecule has 7 heteroatoms. The molecule has 0 saturated carbocycles. The zero-order valence-electron chi connectivity index (χ0n) is 18.7. The second-order valence-electron chi connectivity index (χ2n) is 6.85. The summed E-state index contributed by atoms with van der Waals surface area (Å²) in [6.45, 7) is 7.95. The van der Waals surface area contributed by atoms with Gasteiger partial charge in [0.1, 0.15) is 11.9 Å². The molecule has 2 rings (SSSR count). The standard InChI is InChI=1S/C23H33N3O4/c1-7-24-23(25-14-17(3)30-19-10-8-16(2)9-11-19)26-15-18-12-20(27-4)22(29-6)21(13-18)28-5/h8-13,17H,7,14-15H2,1-6H3,(H2,24,25,26). The van der Waals surface area contributed by atoms with E-state index in [-0.39, 0.29) is 6.10 Å². The summed E-state index contributed by atoms with van der Waals surface area (Å²) in [5.41, 5.74) is 2.16. The number of aliphatic imine (C=N–C) groups is 1. The number of nitrogens with zero attached hydrogens (tertiary/aromatic N) is 1. The zero-order valence-corrected chi connectivity index (χ0v) is 18.7. The van der Waals surface area contributed by atoms with Gasteiger partial charge < -0.3 is 29.6 Å². The lowest BCUT2D eigenvalue weighted by atomic mass is 10.2. The molecule has 1 atom stereocenters. The minimum absolute atomic E-state index is 0.0160. The molecule has 0 amide bonds. The zero-order chi connectivity index (χ0) is 21.9. The van der Waals surface area contributed by atoms with E-state index in [1.807, 2.05) is 50.2 Å². The number of hydrogen-bond donors (Lipinski definition) is 2. The summed E-state index contributed by atoms with van der Waals surface area (Å²) < 4.78 is 22.2. The van der Waals surface area contributed by atoms with Crippen molar-refractivity contribution in [2.24, 2.45) is 4.99 Å². The first-order valence-corrected chi connectivity index (χ1v) is 10.0. The van der Waals surface area contributed by atoms with Crippen molar-refractivity contribution in [1.29, 1.82) is 0 Å². The topological polar surface area (TPSA) is 73.3 Å². The summed E-state index contributed by atoms with van der Waals surface area (Å²) >= 11 is 0. The number of methoxy groups -OCH3 is 3. The van der Waals surface area contributed by atoms with Gasteiger partial charge in [-0.05, 0) is 50.6 Å². The van der Waals surface area contributed by atoms with Crippen molar-refractivity contribution >= 4 is 5.96 Å². The van der Waals surface area contributed by atoms with Gasteiger partial charge in [0.15, 0.2) is 17.5 Å². The van der Waals surface area contributed by atoms with Crippen LogP contribution in [0, 0.1) is 6.92 Å². The Morgan fingerprint density at radius 3 is 2.13 bits per heavy atom. The number of ether oxygens (including phenoxy) is 4. The Morgan fingerprint density at radius 2 is 1.60 bits per heavy atom. The average molecular weight is 416 g/mol. The van der Waals surface area contributed by atoms with E-state index in [2.05, 4.69) is 22.5 Å². The van der Waals surface area contributed by atoms with Crippen molar-refractivity contribution in [3.8, 4) is 23.0 Å². The summed E-state index contributed by atoms with van der Waals surface area (Å²) in [5, 5.41) is 6.58. The van der Waals surface area contributed by atoms with Crippen LogP contribution in [-0.4, -0.2) is 46.5 Å². The minimum atomic E-state index is -0.0160. The van der Waals surface area contributed by atoms with Crippen molar-refractivity contribution in [3.05, 3.63) is 47.5 Å². The Hall–Kier alpha value is -3.09. The van der Waals surface area contributed by atoms with Crippen LogP contribution in [0.1, 0.15) is 25.0 Å². The van der Waals surface area contributed by atoms with Crippen LogP contribution in [0.5, 0.6) is 23.0 Å². The molecule has 164 valence electrons. The SMILES string of the molecule is CCNC(=NCc1cc(OC)c(OC)c(OC)c1)NCC(C)Oc1ccc(C)cc1. The predicted molar refractivity (Wildman–Crippen MR) is 120 cm³/mol. The Balaban J connectivity index is 2.02. The van der Waals surface area contributed by atoms with E-state index < -0.39 is 0 Å². The average Bonchev–Trinajstić information content (AvgIpc) is 2.76. The molecule has 2 aromatic carbocycles. The number of aryl methyl sites for hydroxylation is 1. The van der Waals surface area contributed by atoms with Gasteiger partial charge in [-0.3, -0.25) is 0 Å². The highest BCUT2D eigenvalue weighted by Gasteiger charge is 2.13. The van der Waals surface area contributed by atoms with Crippen LogP contribution in [0.15, 0.2) is 41.4 Å². The highest BCUT2D eigenvalue weighted by atomic mass is 16.5. The molecule has 2 N–H and O–H groups in total. The van der Waals surface area contributed by atoms with E-state index in [0.717, 1.165) is 17.9 Å². The van der Waals surface area contributed by atoms with Crippen molar-refractivity contribution in [1.82, 2.24) is 10.6 Å². The van der Waals surface area contributed by atoms with Gasteiger partial charge in [-0.15, -0.1) is 0 Å². The molecule has 0 bridgehead atoms. The molecule has 1 unspecified atom stereocenters. The molecule has 0 aliphatic rings. The van der Waals surface area contributed by atoms with E-state index in [1.54, 1.807) is 21.3 Å². The third kappa shape index (κ3) is 6.76. The van der Waals surface area contributed by atoms with Crippen LogP contribution in [0.25, 0.3) is 0 Å². The van der Waals surface area contributed by atoms with Crippen LogP contribution in [0.3, 0.4) is 0 Å². The normalized spacial score (nSPS) is 12.1. The fraction of sp³-hybridized carbons (Fsp3) is 0.435. The third-order valence-corrected chi connectivity index (χ3v) is 4.40. The van der Waals surface area contributed by atoms with E-state index in [4.69, 9.17) is 18.9 Å². The molecule has 0 saturated heterocycles. The molecule has 0 aromatic heterocycles. The number of hydrogen-bond acceptors (Lipinski definition) is 5. The summed E-state index contributed by atoms with van der Waals surface area (Å²) in [6, 6.07) is 11.8. The summed E-state index contributed by atoms with van der Waals surface area (Å²) in [7, 11) is 4.79. The first-order chi connectivity index (χ1) is 14.5. The van der Waals surface area contributed by atoms with Gasteiger partial charge in [0, 0.05) is 6.54 Å². The molecule has 0 aliphatic carbocycles. The van der Waals surface area contributed by atoms with E-state index in [1.165, 1.54) is 5.56 Å². The van der Waals surface area contributed by atoms with Gasteiger partial charge in [0.2, 0.25) is 5.75 Å². The maximum absolute atomic E-state index is 5.95. The van der Waals surface area contributed by atoms with Crippen LogP contribution < -0.4 is 29.6 Å². The first-order valence-electron chi connectivity index (χ1n) is 10.0. The maximum atomic E-state index is 5.95. The van der Waals surface area contributed by atoms with Gasteiger partial charge >= 0.3 is 0 Å². The second kappa shape index (κ2) is 11.8. The third-order valence-electron chi connectivity index (χ3n) is 4.40. The molecular formula is C23H33N3O4. The highest BCUT2D eigenvalue weighted by molar-refractivity contribution is 5.79. The minimum Gasteiger partial charge on any atom is -0.493 e. The molecule has 0 aliphatic heterocycles. The van der Waals surface area contributed by atoms with Gasteiger partial charge in [-0.25, -0.2) is 4.99 Å². The quantitative estimate of drug-likeness (QED) is 0.457. The van der Waals surface area contributed by atoms with E-state index in [9.17, 15) is 0 Å². The van der Waals surface area contributed by atoms with Crippen LogP contribution in [-0.2, 0) is 6.54 Å². The van der Waals surface area contributed by atoms with E-state index in [0.29, 0.717) is 36.3 Å². The fourth-order valence-electron chi connectivity index (χ4n) is 2.87. The van der Waals surface area contributed by atoms with Crippen molar-refractivity contribution in [2.45, 2.75) is 33.4 Å². The molecule has 30 heavy (non-hydrogen) atoms. The monoisotopic (exact) mass is 415 g/mol. The van der Waals surface area contributed by atoms with Crippen LogP contribution in [0.2, 0.25) is 0 Å². The Kier molecular flexibility index (Phi) is 9.12. The summed E-state index contributed by atoms with van der Waals surface area (Å²) in [4.78, 5) is 4.67. The number of guanidine groups is 1. The lowest BCUT2D eigenvalue weighted by Gasteiger charge is -2.18. The second-order valence-corrected chi connectivity index (χ2v) is 6.85. The van der Waals surface area contributed by atoms with Gasteiger partial charge in [0.05, 0.1) is 34.4 Å². The maximum Gasteiger partial charge on any atom is 0.203 e. The van der Waals surface area contributed by atoms with E-state index >= 15 is 0 Å². The van der Waals surface area contributed by atoms with Gasteiger partial charge in [0.25, 0.3) is 0 Å². The number of nitrogens with one attached hydrogen (secondary N) is 2. The Bertz CT molecular complexity index is 797. The fourth-order valence-corrected chi connectivity index (χ4v) is 2.87. The molecule has 7 nitrogen and oxygen atoms in total. The van der Waals surface area contributed by atoms with Crippen LogP contribution in [0.4, 0.5) is 0 Å². The van der Waals surface area contributed by atoms with Crippen molar-refractivity contribution in [2.75, 3.05) is 34.4 Å². The smallest absolute Gasteiger partial charge is 0.203 e. The lowest BCUT2D eigenvalue weighted by Crippen LogP contribution is -2.41. The van der Waals surface area contributed by atoms with Crippen molar-refractivity contribution < 1.29 is 18.9 Å². The Morgan fingerprint density at radius 1 is 0.967 bits per heavy atom. The lowest BCUT2D eigenvalue weighted by molar-refractivity contribution is 0.224.